The summed E-state index contributed by atoms with van der Waals surface area (Å²) < 4.78 is 13.1. The zero-order valence-electron chi connectivity index (χ0n) is 12.1. The van der Waals surface area contributed by atoms with Gasteiger partial charge in [0.2, 0.25) is 0 Å². The van der Waals surface area contributed by atoms with Crippen LogP contribution in [0.4, 0.5) is 10.1 Å². The van der Waals surface area contributed by atoms with Gasteiger partial charge in [0.25, 0.3) is 0 Å². The Hall–Kier alpha value is -1.87. The van der Waals surface area contributed by atoms with Crippen LogP contribution in [-0.2, 0) is 5.54 Å². The average Bonchev–Trinajstić information content (AvgIpc) is 2.53. The number of benzene rings is 2. The van der Waals surface area contributed by atoms with E-state index in [1.54, 1.807) is 12.1 Å². The smallest absolute Gasteiger partial charge is 0.123 e. The number of hydrogen-bond acceptors (Lipinski definition) is 2. The van der Waals surface area contributed by atoms with Crippen LogP contribution < -0.4 is 5.32 Å². The van der Waals surface area contributed by atoms with Crippen molar-refractivity contribution in [2.24, 2.45) is 0 Å². The highest BCUT2D eigenvalue weighted by Crippen LogP contribution is 2.42. The fourth-order valence-corrected chi connectivity index (χ4v) is 3.26. The van der Waals surface area contributed by atoms with Crippen LogP contribution in [0.1, 0.15) is 36.8 Å². The van der Waals surface area contributed by atoms with Crippen molar-refractivity contribution in [1.29, 1.82) is 0 Å². The largest absolute Gasteiger partial charge is 0.394 e. The third-order valence-electron chi connectivity index (χ3n) is 4.51. The Morgan fingerprint density at radius 3 is 2.62 bits per heavy atom. The molecule has 1 aliphatic carbocycles. The molecule has 2 aromatic carbocycles. The average molecular weight is 285 g/mol. The molecule has 2 unspecified atom stereocenters. The lowest BCUT2D eigenvalue weighted by atomic mass is 9.72. The molecular formula is C18H20FNO. The number of hydrogen-bond donors (Lipinski definition) is 2. The summed E-state index contributed by atoms with van der Waals surface area (Å²) in [5, 5.41) is 13.5. The molecule has 2 aromatic rings. The van der Waals surface area contributed by atoms with Crippen LogP contribution in [0.5, 0.6) is 0 Å². The maximum Gasteiger partial charge on any atom is 0.123 e. The molecular weight excluding hydrogens is 265 g/mol. The molecule has 3 heteroatoms. The molecule has 1 aliphatic rings. The van der Waals surface area contributed by atoms with Crippen molar-refractivity contribution < 1.29 is 9.50 Å². The highest BCUT2D eigenvalue weighted by molar-refractivity contribution is 5.51. The van der Waals surface area contributed by atoms with Crippen molar-refractivity contribution in [3.63, 3.8) is 0 Å². The second kappa shape index (κ2) is 5.49. The SMILES string of the molecule is CC1CCC(CO)(Nc2ccc(F)cc2)c2ccccc21. The molecule has 0 heterocycles. The predicted octanol–water partition coefficient (Wildman–Crippen LogP) is 4.02. The zero-order chi connectivity index (χ0) is 14.9. The molecule has 0 spiro atoms. The first-order chi connectivity index (χ1) is 10.1. The minimum absolute atomic E-state index is 0.0219. The first-order valence-electron chi connectivity index (χ1n) is 7.39. The van der Waals surface area contributed by atoms with Gasteiger partial charge in [-0.1, -0.05) is 31.2 Å². The molecule has 0 saturated carbocycles. The Labute approximate surface area is 124 Å². The van der Waals surface area contributed by atoms with Gasteiger partial charge in [-0.05, 0) is 54.2 Å². The van der Waals surface area contributed by atoms with Crippen molar-refractivity contribution in [3.05, 3.63) is 65.5 Å². The number of fused-ring (bicyclic) bond motifs is 1. The van der Waals surface area contributed by atoms with E-state index in [2.05, 4.69) is 24.4 Å². The van der Waals surface area contributed by atoms with Gasteiger partial charge in [-0.3, -0.25) is 0 Å². The molecule has 3 rings (SSSR count). The fourth-order valence-electron chi connectivity index (χ4n) is 3.26. The van der Waals surface area contributed by atoms with Crippen LogP contribution in [0.15, 0.2) is 48.5 Å². The van der Waals surface area contributed by atoms with E-state index in [-0.39, 0.29) is 12.4 Å². The zero-order valence-corrected chi connectivity index (χ0v) is 12.1. The molecule has 110 valence electrons. The summed E-state index contributed by atoms with van der Waals surface area (Å²) in [7, 11) is 0. The molecule has 0 saturated heterocycles. The van der Waals surface area contributed by atoms with E-state index in [0.29, 0.717) is 5.92 Å². The van der Waals surface area contributed by atoms with Crippen LogP contribution in [0.2, 0.25) is 0 Å². The van der Waals surface area contributed by atoms with E-state index in [0.717, 1.165) is 24.1 Å². The Kier molecular flexibility index (Phi) is 3.68. The highest BCUT2D eigenvalue weighted by atomic mass is 19.1. The quantitative estimate of drug-likeness (QED) is 0.892. The van der Waals surface area contributed by atoms with Gasteiger partial charge in [0.1, 0.15) is 5.82 Å². The highest BCUT2D eigenvalue weighted by Gasteiger charge is 2.38. The Bertz CT molecular complexity index is 625. The van der Waals surface area contributed by atoms with Crippen molar-refractivity contribution >= 4 is 5.69 Å². The first-order valence-corrected chi connectivity index (χ1v) is 7.39. The summed E-state index contributed by atoms with van der Waals surface area (Å²) in [6.07, 6.45) is 1.88. The number of rotatable bonds is 3. The third-order valence-corrected chi connectivity index (χ3v) is 4.51. The van der Waals surface area contributed by atoms with Gasteiger partial charge in [-0.15, -0.1) is 0 Å². The number of aliphatic hydroxyl groups is 1. The van der Waals surface area contributed by atoms with Gasteiger partial charge in [-0.25, -0.2) is 4.39 Å². The molecule has 0 aromatic heterocycles. The number of nitrogens with one attached hydrogen (secondary N) is 1. The van der Waals surface area contributed by atoms with Crippen molar-refractivity contribution in [2.75, 3.05) is 11.9 Å². The Morgan fingerprint density at radius 1 is 1.19 bits per heavy atom. The van der Waals surface area contributed by atoms with Crippen LogP contribution in [0.25, 0.3) is 0 Å². The standard InChI is InChI=1S/C18H20FNO/c1-13-10-11-18(12-21,17-5-3-2-4-16(13)17)20-15-8-6-14(19)7-9-15/h2-9,13,20-21H,10-12H2,1H3. The number of anilines is 1. The van der Waals surface area contributed by atoms with Gasteiger partial charge in [-0.2, -0.15) is 0 Å². The number of halogens is 1. The molecule has 2 N–H and O–H groups in total. The molecule has 0 radical (unpaired) electrons. The van der Waals surface area contributed by atoms with Gasteiger partial charge < -0.3 is 10.4 Å². The summed E-state index contributed by atoms with van der Waals surface area (Å²) in [6.45, 7) is 2.24. The van der Waals surface area contributed by atoms with Crippen LogP contribution in [0.3, 0.4) is 0 Å². The minimum Gasteiger partial charge on any atom is -0.394 e. The van der Waals surface area contributed by atoms with Crippen LogP contribution in [-0.4, -0.2) is 11.7 Å². The molecule has 21 heavy (non-hydrogen) atoms. The third kappa shape index (κ3) is 2.54. The maximum atomic E-state index is 13.1. The number of aliphatic hydroxyl groups excluding tert-OH is 1. The molecule has 0 amide bonds. The molecule has 0 aliphatic heterocycles. The van der Waals surface area contributed by atoms with E-state index in [4.69, 9.17) is 0 Å². The van der Waals surface area contributed by atoms with Gasteiger partial charge in [0, 0.05) is 5.69 Å². The second-order valence-electron chi connectivity index (χ2n) is 5.90. The summed E-state index contributed by atoms with van der Waals surface area (Å²) in [5.74, 6) is 0.243. The minimum atomic E-state index is -0.485. The normalized spacial score (nSPS) is 24.4. The summed E-state index contributed by atoms with van der Waals surface area (Å²) in [4.78, 5) is 0. The maximum absolute atomic E-state index is 13.1. The van der Waals surface area contributed by atoms with Gasteiger partial charge in [0.05, 0.1) is 12.1 Å². The topological polar surface area (TPSA) is 32.3 Å². The second-order valence-corrected chi connectivity index (χ2v) is 5.90. The lowest BCUT2D eigenvalue weighted by Crippen LogP contribution is -2.42. The summed E-state index contributed by atoms with van der Waals surface area (Å²) >= 11 is 0. The van der Waals surface area contributed by atoms with Gasteiger partial charge in [0.15, 0.2) is 0 Å². The van der Waals surface area contributed by atoms with E-state index in [9.17, 15) is 9.50 Å². The lowest BCUT2D eigenvalue weighted by molar-refractivity contribution is 0.190. The molecule has 0 fully saturated rings. The van der Waals surface area contributed by atoms with Crippen molar-refractivity contribution in [2.45, 2.75) is 31.2 Å². The Balaban J connectivity index is 2.01. The van der Waals surface area contributed by atoms with Crippen molar-refractivity contribution in [3.8, 4) is 0 Å². The van der Waals surface area contributed by atoms with E-state index < -0.39 is 5.54 Å². The first kappa shape index (κ1) is 14.1. The molecule has 0 bridgehead atoms. The molecule has 2 atom stereocenters. The van der Waals surface area contributed by atoms with Gasteiger partial charge >= 0.3 is 0 Å². The van der Waals surface area contributed by atoms with Crippen molar-refractivity contribution in [1.82, 2.24) is 0 Å². The van der Waals surface area contributed by atoms with E-state index in [1.807, 2.05) is 12.1 Å². The lowest BCUT2D eigenvalue weighted by Gasteiger charge is -2.41. The molecule has 2 nitrogen and oxygen atoms in total. The summed E-state index contributed by atoms with van der Waals surface area (Å²) in [5.41, 5.74) is 2.78. The monoisotopic (exact) mass is 285 g/mol. The predicted molar refractivity (Wildman–Crippen MR) is 82.9 cm³/mol. The van der Waals surface area contributed by atoms with E-state index >= 15 is 0 Å². The summed E-state index contributed by atoms with van der Waals surface area (Å²) in [6, 6.07) is 14.6. The van der Waals surface area contributed by atoms with E-state index in [1.165, 1.54) is 17.7 Å². The Morgan fingerprint density at radius 2 is 1.90 bits per heavy atom. The van der Waals surface area contributed by atoms with Crippen LogP contribution >= 0.6 is 0 Å². The van der Waals surface area contributed by atoms with Crippen LogP contribution in [0, 0.1) is 5.82 Å². The fraction of sp³-hybridized carbons (Fsp3) is 0.333.